The molecule has 0 bridgehead atoms. The average molecular weight is 459 g/mol. The fourth-order valence-electron chi connectivity index (χ4n) is 4.28. The van der Waals surface area contributed by atoms with Gasteiger partial charge in [0, 0.05) is 18.7 Å². The molecule has 3 heterocycles. The second-order valence-corrected chi connectivity index (χ2v) is 7.99. The lowest BCUT2D eigenvalue weighted by atomic mass is 10.1. The SMILES string of the molecule is CCOc1cc(F)ccc1[C@@H](C)n1c(=O)n(C)c2cnc(N3CNc4ccc(C#N)cc43)nc21. The zero-order valence-electron chi connectivity index (χ0n) is 18.9. The smallest absolute Gasteiger partial charge is 0.330 e. The van der Waals surface area contributed by atoms with Crippen LogP contribution in [0.2, 0.25) is 0 Å². The summed E-state index contributed by atoms with van der Waals surface area (Å²) in [5.74, 6) is 0.366. The van der Waals surface area contributed by atoms with E-state index in [1.165, 1.54) is 16.7 Å². The number of aromatic nitrogens is 4. The van der Waals surface area contributed by atoms with Gasteiger partial charge in [-0.1, -0.05) is 6.07 Å². The molecule has 0 fully saturated rings. The highest BCUT2D eigenvalue weighted by Gasteiger charge is 2.26. The summed E-state index contributed by atoms with van der Waals surface area (Å²) in [6.07, 6.45) is 1.61. The number of imidazole rings is 1. The molecule has 1 N–H and O–H groups in total. The number of nitrogens with zero attached hydrogens (tertiary/aromatic N) is 6. The second kappa shape index (κ2) is 8.19. The molecule has 0 unspecified atom stereocenters. The molecule has 34 heavy (non-hydrogen) atoms. The lowest BCUT2D eigenvalue weighted by Crippen LogP contribution is -2.26. The summed E-state index contributed by atoms with van der Waals surface area (Å²) >= 11 is 0. The number of halogens is 1. The molecule has 1 atom stereocenters. The molecule has 5 rings (SSSR count). The van der Waals surface area contributed by atoms with E-state index in [0.29, 0.717) is 47.3 Å². The quantitative estimate of drug-likeness (QED) is 0.486. The molecule has 9 nitrogen and oxygen atoms in total. The van der Waals surface area contributed by atoms with Gasteiger partial charge in [0.05, 0.1) is 48.5 Å². The third-order valence-corrected chi connectivity index (χ3v) is 6.02. The van der Waals surface area contributed by atoms with E-state index < -0.39 is 11.9 Å². The maximum Gasteiger partial charge on any atom is 0.330 e. The fourth-order valence-corrected chi connectivity index (χ4v) is 4.28. The van der Waals surface area contributed by atoms with Gasteiger partial charge in [-0.25, -0.2) is 14.2 Å². The minimum atomic E-state index is -0.477. The van der Waals surface area contributed by atoms with Crippen LogP contribution in [0.3, 0.4) is 0 Å². The zero-order chi connectivity index (χ0) is 24.0. The van der Waals surface area contributed by atoms with Crippen molar-refractivity contribution < 1.29 is 9.13 Å². The Hall–Kier alpha value is -4.39. The van der Waals surface area contributed by atoms with Crippen molar-refractivity contribution in [3.8, 4) is 11.8 Å². The van der Waals surface area contributed by atoms with Crippen molar-refractivity contribution >= 4 is 28.5 Å². The van der Waals surface area contributed by atoms with E-state index in [4.69, 9.17) is 9.72 Å². The summed E-state index contributed by atoms with van der Waals surface area (Å²) in [4.78, 5) is 24.3. The van der Waals surface area contributed by atoms with Crippen molar-refractivity contribution in [1.82, 2.24) is 19.1 Å². The van der Waals surface area contributed by atoms with Crippen LogP contribution in [0.5, 0.6) is 5.75 Å². The van der Waals surface area contributed by atoms with Crippen LogP contribution in [0, 0.1) is 17.1 Å². The predicted molar refractivity (Wildman–Crippen MR) is 126 cm³/mol. The number of aryl methyl sites for hydroxylation is 1. The largest absolute Gasteiger partial charge is 0.493 e. The zero-order valence-corrected chi connectivity index (χ0v) is 18.9. The summed E-state index contributed by atoms with van der Waals surface area (Å²) in [6, 6.07) is 11.3. The van der Waals surface area contributed by atoms with Crippen LogP contribution in [0.25, 0.3) is 11.2 Å². The summed E-state index contributed by atoms with van der Waals surface area (Å²) < 4.78 is 22.6. The van der Waals surface area contributed by atoms with Gasteiger partial charge in [-0.3, -0.25) is 14.0 Å². The number of rotatable bonds is 5. The number of nitriles is 1. The molecular formula is C24H22FN7O2. The van der Waals surface area contributed by atoms with Crippen LogP contribution < -0.4 is 20.6 Å². The summed E-state index contributed by atoms with van der Waals surface area (Å²) in [6.45, 7) is 4.47. The number of benzene rings is 2. The first-order chi connectivity index (χ1) is 16.4. The Morgan fingerprint density at radius 2 is 2.12 bits per heavy atom. The van der Waals surface area contributed by atoms with Crippen molar-refractivity contribution in [3.63, 3.8) is 0 Å². The van der Waals surface area contributed by atoms with Gasteiger partial charge in [-0.2, -0.15) is 10.2 Å². The molecule has 0 saturated heterocycles. The van der Waals surface area contributed by atoms with Gasteiger partial charge >= 0.3 is 5.69 Å². The van der Waals surface area contributed by atoms with E-state index in [-0.39, 0.29) is 5.69 Å². The van der Waals surface area contributed by atoms with E-state index >= 15 is 0 Å². The van der Waals surface area contributed by atoms with Crippen molar-refractivity contribution in [2.45, 2.75) is 19.9 Å². The van der Waals surface area contributed by atoms with E-state index in [0.717, 1.165) is 11.4 Å². The van der Waals surface area contributed by atoms with Gasteiger partial charge < -0.3 is 10.1 Å². The van der Waals surface area contributed by atoms with Crippen LogP contribution in [0.15, 0.2) is 47.4 Å². The van der Waals surface area contributed by atoms with Crippen molar-refractivity contribution in [1.29, 1.82) is 5.26 Å². The molecule has 0 spiro atoms. The first-order valence-electron chi connectivity index (χ1n) is 10.8. The molecule has 0 aliphatic carbocycles. The number of hydrogen-bond donors (Lipinski definition) is 1. The topological polar surface area (TPSA) is 101 Å². The standard InChI is InChI=1S/C24H22FN7O2/c1-4-34-21-10-16(25)6-7-17(21)14(2)32-22-20(30(3)24(32)33)12-27-23(29-22)31-13-28-18-8-5-15(11-26)9-19(18)31/h5-10,12,14,28H,4,13H2,1-3H3/t14-/m1/s1. The number of nitrogens with one attached hydrogen (secondary N) is 1. The normalized spacial score (nSPS) is 13.4. The van der Waals surface area contributed by atoms with Crippen molar-refractivity contribution in [3.05, 3.63) is 70.0 Å². The first kappa shape index (κ1) is 21.5. The van der Waals surface area contributed by atoms with Gasteiger partial charge in [0.1, 0.15) is 17.1 Å². The fraction of sp³-hybridized carbons (Fsp3) is 0.250. The molecule has 2 aromatic carbocycles. The highest BCUT2D eigenvalue weighted by Crippen LogP contribution is 2.36. The van der Waals surface area contributed by atoms with Crippen molar-refractivity contribution in [2.24, 2.45) is 7.05 Å². The van der Waals surface area contributed by atoms with E-state index in [9.17, 15) is 14.4 Å². The van der Waals surface area contributed by atoms with Gasteiger partial charge in [0.15, 0.2) is 5.65 Å². The number of hydrogen-bond acceptors (Lipinski definition) is 7. The number of fused-ring (bicyclic) bond motifs is 2. The first-order valence-corrected chi connectivity index (χ1v) is 10.8. The molecular weight excluding hydrogens is 437 g/mol. The summed E-state index contributed by atoms with van der Waals surface area (Å²) in [5.41, 5.74) is 3.60. The third-order valence-electron chi connectivity index (χ3n) is 6.02. The Morgan fingerprint density at radius 3 is 2.88 bits per heavy atom. The average Bonchev–Trinajstić information content (AvgIpc) is 3.37. The maximum atomic E-state index is 13.9. The molecule has 4 aromatic rings. The molecule has 1 aliphatic heterocycles. The van der Waals surface area contributed by atoms with Gasteiger partial charge in [-0.15, -0.1) is 0 Å². The minimum absolute atomic E-state index is 0.271. The highest BCUT2D eigenvalue weighted by atomic mass is 19.1. The van der Waals surface area contributed by atoms with Crippen LogP contribution >= 0.6 is 0 Å². The number of ether oxygens (including phenoxy) is 1. The summed E-state index contributed by atoms with van der Waals surface area (Å²) in [5, 5.41) is 12.6. The lowest BCUT2D eigenvalue weighted by Gasteiger charge is -2.19. The van der Waals surface area contributed by atoms with Crippen LogP contribution in [-0.2, 0) is 7.05 Å². The third kappa shape index (κ3) is 3.33. The van der Waals surface area contributed by atoms with Gasteiger partial charge in [0.2, 0.25) is 5.95 Å². The van der Waals surface area contributed by atoms with E-state index in [1.807, 2.05) is 24.8 Å². The van der Waals surface area contributed by atoms with Crippen molar-refractivity contribution in [2.75, 3.05) is 23.5 Å². The lowest BCUT2D eigenvalue weighted by molar-refractivity contribution is 0.331. The Morgan fingerprint density at radius 1 is 1.29 bits per heavy atom. The Balaban J connectivity index is 1.65. The maximum absolute atomic E-state index is 13.9. The Kier molecular flexibility index (Phi) is 5.17. The molecule has 0 radical (unpaired) electrons. The Bertz CT molecular complexity index is 1520. The predicted octanol–water partition coefficient (Wildman–Crippen LogP) is 3.67. The molecule has 0 saturated carbocycles. The Labute approximate surface area is 194 Å². The van der Waals surface area contributed by atoms with Gasteiger partial charge in [-0.05, 0) is 38.1 Å². The minimum Gasteiger partial charge on any atom is -0.493 e. The monoisotopic (exact) mass is 459 g/mol. The molecule has 10 heteroatoms. The summed E-state index contributed by atoms with van der Waals surface area (Å²) in [7, 11) is 1.66. The molecule has 1 aliphatic rings. The molecule has 2 aromatic heterocycles. The highest BCUT2D eigenvalue weighted by molar-refractivity contribution is 5.82. The van der Waals surface area contributed by atoms with Crippen LogP contribution in [0.1, 0.15) is 31.0 Å². The van der Waals surface area contributed by atoms with Crippen LogP contribution in [-0.4, -0.2) is 32.4 Å². The van der Waals surface area contributed by atoms with E-state index in [2.05, 4.69) is 16.4 Å². The van der Waals surface area contributed by atoms with E-state index in [1.54, 1.807) is 36.0 Å². The second-order valence-electron chi connectivity index (χ2n) is 7.99. The van der Waals surface area contributed by atoms with Crippen LogP contribution in [0.4, 0.5) is 21.7 Å². The van der Waals surface area contributed by atoms with Gasteiger partial charge in [0.25, 0.3) is 0 Å². The molecule has 0 amide bonds. The molecule has 172 valence electrons. The number of anilines is 3.